The summed E-state index contributed by atoms with van der Waals surface area (Å²) in [6, 6.07) is 3.73. The van der Waals surface area contributed by atoms with E-state index in [1.165, 1.54) is 19.1 Å². The van der Waals surface area contributed by atoms with Crippen molar-refractivity contribution in [1.82, 2.24) is 0 Å². The second-order valence-corrected chi connectivity index (χ2v) is 2.29. The molecule has 0 unspecified atom stereocenters. The molecule has 0 saturated heterocycles. The van der Waals surface area contributed by atoms with E-state index in [0.29, 0.717) is 5.56 Å². The number of Topliss-reactive ketones (excluding diaryl/α,β-unsaturated/α-hetero) is 1. The Morgan fingerprint density at radius 3 is 2.64 bits per heavy atom. The van der Waals surface area contributed by atoms with Crippen molar-refractivity contribution in [3.8, 4) is 0 Å². The molecule has 11 heavy (non-hydrogen) atoms. The van der Waals surface area contributed by atoms with Gasteiger partial charge in [0.2, 0.25) is 0 Å². The molecule has 0 aliphatic carbocycles. The lowest BCUT2D eigenvalue weighted by Gasteiger charge is -1.99. The normalized spacial score (nSPS) is 9.64. The fourth-order valence-corrected chi connectivity index (χ4v) is 0.854. The van der Waals surface area contributed by atoms with Gasteiger partial charge in [0, 0.05) is 11.3 Å². The monoisotopic (exact) mass is 153 g/mol. The van der Waals surface area contributed by atoms with Gasteiger partial charge in [0.05, 0.1) is 0 Å². The van der Waals surface area contributed by atoms with E-state index in [9.17, 15) is 9.18 Å². The first-order valence-electron chi connectivity index (χ1n) is 3.17. The minimum Gasteiger partial charge on any atom is -0.398 e. The smallest absolute Gasteiger partial charge is 0.161 e. The van der Waals surface area contributed by atoms with Crippen LogP contribution >= 0.6 is 0 Å². The standard InChI is InChI=1S/C8H8FNO/c1-5(11)7-3-2-6(9)4-8(7)10/h2-4H,10H2,1H3. The lowest BCUT2D eigenvalue weighted by atomic mass is 10.1. The van der Waals surface area contributed by atoms with E-state index < -0.39 is 5.82 Å². The molecule has 0 atom stereocenters. The number of hydrogen-bond donors (Lipinski definition) is 1. The molecule has 0 radical (unpaired) electrons. The van der Waals surface area contributed by atoms with Crippen molar-refractivity contribution < 1.29 is 9.18 Å². The van der Waals surface area contributed by atoms with Crippen LogP contribution in [0.2, 0.25) is 0 Å². The fraction of sp³-hybridized carbons (Fsp3) is 0.125. The summed E-state index contributed by atoms with van der Waals surface area (Å²) >= 11 is 0. The number of hydrogen-bond acceptors (Lipinski definition) is 2. The Hall–Kier alpha value is -1.38. The summed E-state index contributed by atoms with van der Waals surface area (Å²) in [5, 5.41) is 0. The van der Waals surface area contributed by atoms with Gasteiger partial charge in [-0.3, -0.25) is 4.79 Å². The second kappa shape index (κ2) is 2.70. The number of ketones is 1. The molecular formula is C8H8FNO. The van der Waals surface area contributed by atoms with Crippen LogP contribution in [0.1, 0.15) is 17.3 Å². The zero-order valence-electron chi connectivity index (χ0n) is 6.10. The van der Waals surface area contributed by atoms with Crippen LogP contribution < -0.4 is 5.73 Å². The van der Waals surface area contributed by atoms with E-state index in [4.69, 9.17) is 5.73 Å². The van der Waals surface area contributed by atoms with Gasteiger partial charge in [-0.25, -0.2) is 4.39 Å². The Morgan fingerprint density at radius 1 is 1.55 bits per heavy atom. The Balaban J connectivity index is 3.20. The van der Waals surface area contributed by atoms with Crippen LogP contribution in [0, 0.1) is 5.82 Å². The predicted octanol–water partition coefficient (Wildman–Crippen LogP) is 1.61. The largest absolute Gasteiger partial charge is 0.398 e. The molecule has 2 nitrogen and oxygen atoms in total. The molecule has 1 aromatic carbocycles. The van der Waals surface area contributed by atoms with Crippen LogP contribution in [-0.2, 0) is 0 Å². The maximum atomic E-state index is 12.4. The highest BCUT2D eigenvalue weighted by atomic mass is 19.1. The van der Waals surface area contributed by atoms with Crippen molar-refractivity contribution in [1.29, 1.82) is 0 Å². The van der Waals surface area contributed by atoms with Crippen LogP contribution in [0.4, 0.5) is 10.1 Å². The summed E-state index contributed by atoms with van der Waals surface area (Å²) in [7, 11) is 0. The number of halogens is 1. The van der Waals surface area contributed by atoms with E-state index >= 15 is 0 Å². The molecule has 0 saturated carbocycles. The third kappa shape index (κ3) is 1.55. The lowest BCUT2D eigenvalue weighted by Crippen LogP contribution is -1.99. The molecular weight excluding hydrogens is 145 g/mol. The van der Waals surface area contributed by atoms with Gasteiger partial charge in [0.15, 0.2) is 5.78 Å². The Morgan fingerprint density at radius 2 is 2.18 bits per heavy atom. The predicted molar refractivity (Wildman–Crippen MR) is 40.8 cm³/mol. The summed E-state index contributed by atoms with van der Waals surface area (Å²) in [5.74, 6) is -0.574. The van der Waals surface area contributed by atoms with E-state index in [-0.39, 0.29) is 11.5 Å². The van der Waals surface area contributed by atoms with Crippen LogP contribution in [0.3, 0.4) is 0 Å². The highest BCUT2D eigenvalue weighted by molar-refractivity contribution is 5.98. The number of anilines is 1. The Bertz CT molecular complexity index is 296. The SMILES string of the molecule is CC(=O)c1ccc(F)cc1N. The van der Waals surface area contributed by atoms with E-state index in [2.05, 4.69) is 0 Å². The minimum absolute atomic E-state index is 0.150. The summed E-state index contributed by atoms with van der Waals surface area (Å²) in [4.78, 5) is 10.8. The molecule has 0 fully saturated rings. The van der Waals surface area contributed by atoms with Gasteiger partial charge in [-0.15, -0.1) is 0 Å². The van der Waals surface area contributed by atoms with Crippen LogP contribution in [0.25, 0.3) is 0 Å². The molecule has 0 bridgehead atoms. The third-order valence-corrected chi connectivity index (χ3v) is 1.39. The zero-order chi connectivity index (χ0) is 8.43. The van der Waals surface area contributed by atoms with E-state index in [1.54, 1.807) is 0 Å². The van der Waals surface area contributed by atoms with E-state index in [1.807, 2.05) is 0 Å². The first-order chi connectivity index (χ1) is 5.11. The molecule has 3 heteroatoms. The van der Waals surface area contributed by atoms with Gasteiger partial charge in [0.25, 0.3) is 0 Å². The average Bonchev–Trinajstić information content (AvgIpc) is 1.85. The summed E-state index contributed by atoms with van der Waals surface area (Å²) in [6.45, 7) is 1.39. The summed E-state index contributed by atoms with van der Waals surface area (Å²) in [6.07, 6.45) is 0. The average molecular weight is 153 g/mol. The number of carbonyl (C=O) groups is 1. The van der Waals surface area contributed by atoms with Gasteiger partial charge in [-0.2, -0.15) is 0 Å². The second-order valence-electron chi connectivity index (χ2n) is 2.29. The maximum Gasteiger partial charge on any atom is 0.161 e. The molecule has 0 amide bonds. The van der Waals surface area contributed by atoms with Crippen molar-refractivity contribution >= 4 is 11.5 Å². The Kier molecular flexibility index (Phi) is 1.89. The van der Waals surface area contributed by atoms with Crippen LogP contribution in [0.15, 0.2) is 18.2 Å². The quantitative estimate of drug-likeness (QED) is 0.492. The molecule has 1 rings (SSSR count). The van der Waals surface area contributed by atoms with Crippen LogP contribution in [0.5, 0.6) is 0 Å². The highest BCUT2D eigenvalue weighted by Gasteiger charge is 2.03. The van der Waals surface area contributed by atoms with E-state index in [0.717, 1.165) is 6.07 Å². The molecule has 0 spiro atoms. The summed E-state index contributed by atoms with van der Waals surface area (Å²) < 4.78 is 12.4. The Labute approximate surface area is 63.8 Å². The van der Waals surface area contributed by atoms with Gasteiger partial charge in [-0.1, -0.05) is 0 Å². The van der Waals surface area contributed by atoms with Gasteiger partial charge in [0.1, 0.15) is 5.82 Å². The molecule has 58 valence electrons. The van der Waals surface area contributed by atoms with Gasteiger partial charge >= 0.3 is 0 Å². The van der Waals surface area contributed by atoms with Crippen molar-refractivity contribution in [3.05, 3.63) is 29.6 Å². The van der Waals surface area contributed by atoms with Crippen molar-refractivity contribution in [2.24, 2.45) is 0 Å². The van der Waals surface area contributed by atoms with Gasteiger partial charge in [-0.05, 0) is 25.1 Å². The molecule has 0 heterocycles. The number of benzene rings is 1. The number of rotatable bonds is 1. The first-order valence-corrected chi connectivity index (χ1v) is 3.17. The third-order valence-electron chi connectivity index (χ3n) is 1.39. The van der Waals surface area contributed by atoms with Crippen molar-refractivity contribution in [2.45, 2.75) is 6.92 Å². The summed E-state index contributed by atoms with van der Waals surface area (Å²) in [5.41, 5.74) is 5.92. The molecule has 0 aliphatic rings. The fourth-order valence-electron chi connectivity index (χ4n) is 0.854. The van der Waals surface area contributed by atoms with Crippen LogP contribution in [-0.4, -0.2) is 5.78 Å². The molecule has 2 N–H and O–H groups in total. The number of nitrogens with two attached hydrogens (primary N) is 1. The van der Waals surface area contributed by atoms with Crippen molar-refractivity contribution in [2.75, 3.05) is 5.73 Å². The first kappa shape index (κ1) is 7.72. The minimum atomic E-state index is -0.424. The lowest BCUT2D eigenvalue weighted by molar-refractivity contribution is 0.101. The number of carbonyl (C=O) groups excluding carboxylic acids is 1. The molecule has 1 aromatic rings. The number of nitrogen functional groups attached to an aromatic ring is 1. The van der Waals surface area contributed by atoms with Gasteiger partial charge < -0.3 is 5.73 Å². The molecule has 0 aliphatic heterocycles. The topological polar surface area (TPSA) is 43.1 Å². The van der Waals surface area contributed by atoms with Crippen molar-refractivity contribution in [3.63, 3.8) is 0 Å². The zero-order valence-corrected chi connectivity index (χ0v) is 6.10. The molecule has 0 aromatic heterocycles. The maximum absolute atomic E-state index is 12.4. The highest BCUT2D eigenvalue weighted by Crippen LogP contribution is 2.13.